The molecule has 2 N–H and O–H groups in total. The van der Waals surface area contributed by atoms with Gasteiger partial charge in [0, 0.05) is 11.3 Å². The van der Waals surface area contributed by atoms with Crippen molar-refractivity contribution in [1.82, 2.24) is 5.32 Å². The lowest BCUT2D eigenvalue weighted by Gasteiger charge is -2.04. The average Bonchev–Trinajstić information content (AvgIpc) is 2.46. The summed E-state index contributed by atoms with van der Waals surface area (Å²) in [6.45, 7) is 0.218. The van der Waals surface area contributed by atoms with Gasteiger partial charge in [0.15, 0.2) is 0 Å². The highest BCUT2D eigenvalue weighted by Gasteiger charge is 1.97. The van der Waals surface area contributed by atoms with E-state index in [0.29, 0.717) is 5.56 Å². The molecule has 0 aromatic heterocycles. The maximum atomic E-state index is 12.7. The molecule has 0 saturated heterocycles. The number of nitrogens with one attached hydrogen (secondary N) is 2. The second-order valence-corrected chi connectivity index (χ2v) is 3.98. The van der Waals surface area contributed by atoms with Crippen molar-refractivity contribution in [2.75, 3.05) is 11.9 Å². The topological polar surface area (TPSA) is 41.1 Å². The first-order chi connectivity index (χ1) is 9.74. The highest BCUT2D eigenvalue weighted by atomic mass is 19.1. The molecule has 20 heavy (non-hydrogen) atoms. The summed E-state index contributed by atoms with van der Waals surface area (Å²) in [4.78, 5) is 11.5. The van der Waals surface area contributed by atoms with E-state index >= 15 is 0 Å². The van der Waals surface area contributed by atoms with Crippen LogP contribution in [0.3, 0.4) is 0 Å². The molecular weight excluding hydrogens is 255 g/mol. The van der Waals surface area contributed by atoms with Gasteiger partial charge in [-0.25, -0.2) is 9.18 Å². The van der Waals surface area contributed by atoms with E-state index in [0.717, 1.165) is 5.69 Å². The Morgan fingerprint density at radius 3 is 2.45 bits per heavy atom. The summed E-state index contributed by atoms with van der Waals surface area (Å²) in [6.07, 6.45) is 0. The number of hydrogen-bond acceptors (Lipinski definition) is 1. The van der Waals surface area contributed by atoms with Gasteiger partial charge in [0.2, 0.25) is 0 Å². The van der Waals surface area contributed by atoms with Crippen LogP contribution in [0.2, 0.25) is 0 Å². The molecule has 0 radical (unpaired) electrons. The summed E-state index contributed by atoms with van der Waals surface area (Å²) in [5.41, 5.74) is 1.42. The first-order valence-corrected chi connectivity index (χ1v) is 6.08. The van der Waals surface area contributed by atoms with Gasteiger partial charge in [-0.2, -0.15) is 0 Å². The van der Waals surface area contributed by atoms with Gasteiger partial charge in [-0.05, 0) is 36.4 Å². The van der Waals surface area contributed by atoms with Crippen LogP contribution in [-0.2, 0) is 0 Å². The number of hydrogen-bond donors (Lipinski definition) is 2. The van der Waals surface area contributed by atoms with E-state index in [1.54, 1.807) is 24.3 Å². The van der Waals surface area contributed by atoms with Crippen LogP contribution in [0.5, 0.6) is 0 Å². The lowest BCUT2D eigenvalue weighted by Crippen LogP contribution is -2.28. The molecule has 0 heterocycles. The number of para-hydroxylation sites is 1. The molecule has 0 bridgehead atoms. The van der Waals surface area contributed by atoms with Gasteiger partial charge >= 0.3 is 6.03 Å². The van der Waals surface area contributed by atoms with E-state index in [1.807, 2.05) is 18.2 Å². The van der Waals surface area contributed by atoms with Crippen molar-refractivity contribution < 1.29 is 9.18 Å². The second-order valence-electron chi connectivity index (χ2n) is 3.98. The Balaban J connectivity index is 1.79. The molecule has 0 spiro atoms. The highest BCUT2D eigenvalue weighted by Crippen LogP contribution is 2.04. The minimum absolute atomic E-state index is 0.218. The highest BCUT2D eigenvalue weighted by molar-refractivity contribution is 5.89. The molecule has 0 aliphatic rings. The lowest BCUT2D eigenvalue weighted by atomic mass is 10.2. The minimum Gasteiger partial charge on any atom is -0.327 e. The number of carbonyl (C=O) groups is 1. The third-order valence-corrected chi connectivity index (χ3v) is 2.45. The van der Waals surface area contributed by atoms with Crippen LogP contribution >= 0.6 is 0 Å². The zero-order chi connectivity index (χ0) is 14.2. The smallest absolute Gasteiger partial charge is 0.319 e. The maximum absolute atomic E-state index is 12.7. The van der Waals surface area contributed by atoms with Gasteiger partial charge < -0.3 is 10.6 Å². The van der Waals surface area contributed by atoms with E-state index in [2.05, 4.69) is 22.5 Å². The first-order valence-electron chi connectivity index (χ1n) is 6.08. The summed E-state index contributed by atoms with van der Waals surface area (Å²) >= 11 is 0. The number of carbonyl (C=O) groups excluding carboxylic acids is 1. The van der Waals surface area contributed by atoms with Gasteiger partial charge in [0.25, 0.3) is 0 Å². The summed E-state index contributed by atoms with van der Waals surface area (Å²) < 4.78 is 12.7. The van der Waals surface area contributed by atoms with Crippen molar-refractivity contribution >= 4 is 11.7 Å². The largest absolute Gasteiger partial charge is 0.327 e. The third-order valence-electron chi connectivity index (χ3n) is 2.45. The molecule has 2 rings (SSSR count). The minimum atomic E-state index is -0.315. The normalized spacial score (nSPS) is 9.25. The van der Waals surface area contributed by atoms with Gasteiger partial charge in [-0.15, -0.1) is 0 Å². The predicted octanol–water partition coefficient (Wildman–Crippen LogP) is 3.00. The van der Waals surface area contributed by atoms with E-state index in [-0.39, 0.29) is 18.4 Å². The number of halogens is 1. The standard InChI is InChI=1S/C16H13FN2O/c17-14-10-8-13(9-11-14)5-4-12-18-16(20)19-15-6-2-1-3-7-15/h1-3,6-11H,12H2,(H2,18,19,20). The molecule has 2 amide bonds. The lowest BCUT2D eigenvalue weighted by molar-refractivity contribution is 0.253. The van der Waals surface area contributed by atoms with Gasteiger partial charge in [-0.1, -0.05) is 30.0 Å². The molecule has 0 aliphatic carbocycles. The van der Waals surface area contributed by atoms with Gasteiger partial charge in [0.1, 0.15) is 5.82 Å². The van der Waals surface area contributed by atoms with Crippen LogP contribution < -0.4 is 10.6 Å². The number of benzene rings is 2. The monoisotopic (exact) mass is 268 g/mol. The fraction of sp³-hybridized carbons (Fsp3) is 0.0625. The quantitative estimate of drug-likeness (QED) is 0.808. The molecule has 0 fully saturated rings. The van der Waals surface area contributed by atoms with E-state index in [4.69, 9.17) is 0 Å². The van der Waals surface area contributed by atoms with Gasteiger partial charge in [0.05, 0.1) is 6.54 Å². The maximum Gasteiger partial charge on any atom is 0.319 e. The van der Waals surface area contributed by atoms with Crippen molar-refractivity contribution in [2.24, 2.45) is 0 Å². The van der Waals surface area contributed by atoms with Crippen LogP contribution in [0.15, 0.2) is 54.6 Å². The van der Waals surface area contributed by atoms with Crippen LogP contribution in [0.4, 0.5) is 14.9 Å². The average molecular weight is 268 g/mol. The second kappa shape index (κ2) is 6.95. The molecule has 0 aliphatic heterocycles. The molecule has 3 nitrogen and oxygen atoms in total. The van der Waals surface area contributed by atoms with Crippen molar-refractivity contribution in [3.8, 4) is 11.8 Å². The predicted molar refractivity (Wildman–Crippen MR) is 76.7 cm³/mol. The van der Waals surface area contributed by atoms with Crippen molar-refractivity contribution in [3.05, 3.63) is 66.0 Å². The summed E-state index contributed by atoms with van der Waals surface area (Å²) in [5, 5.41) is 5.30. The van der Waals surface area contributed by atoms with Gasteiger partial charge in [-0.3, -0.25) is 0 Å². The first kappa shape index (κ1) is 13.6. The Morgan fingerprint density at radius 2 is 1.75 bits per heavy atom. The SMILES string of the molecule is O=C(NCC#Cc1ccc(F)cc1)Nc1ccccc1. The number of anilines is 1. The van der Waals surface area contributed by atoms with Crippen LogP contribution in [0, 0.1) is 17.7 Å². The Labute approximate surface area is 116 Å². The van der Waals surface area contributed by atoms with E-state index in [9.17, 15) is 9.18 Å². The third kappa shape index (κ3) is 4.46. The van der Waals surface area contributed by atoms with E-state index in [1.165, 1.54) is 12.1 Å². The summed E-state index contributed by atoms with van der Waals surface area (Å²) in [7, 11) is 0. The van der Waals surface area contributed by atoms with Crippen LogP contribution in [0.25, 0.3) is 0 Å². The number of urea groups is 1. The Bertz CT molecular complexity index is 627. The molecule has 4 heteroatoms. The number of rotatable bonds is 2. The molecule has 0 saturated carbocycles. The zero-order valence-corrected chi connectivity index (χ0v) is 10.7. The Morgan fingerprint density at radius 1 is 1.05 bits per heavy atom. The van der Waals surface area contributed by atoms with E-state index < -0.39 is 0 Å². The van der Waals surface area contributed by atoms with Crippen molar-refractivity contribution in [2.45, 2.75) is 0 Å². The molecule has 0 atom stereocenters. The molecule has 100 valence electrons. The van der Waals surface area contributed by atoms with Crippen LogP contribution in [0.1, 0.15) is 5.56 Å². The molecule has 0 unspecified atom stereocenters. The molecule has 2 aromatic rings. The molecular formula is C16H13FN2O. The van der Waals surface area contributed by atoms with Crippen molar-refractivity contribution in [1.29, 1.82) is 0 Å². The fourth-order valence-electron chi connectivity index (χ4n) is 1.50. The summed E-state index contributed by atoms with van der Waals surface area (Å²) in [5.74, 6) is 5.33. The summed E-state index contributed by atoms with van der Waals surface area (Å²) in [6, 6.07) is 14.7. The number of amides is 2. The fourth-order valence-corrected chi connectivity index (χ4v) is 1.50. The Kier molecular flexibility index (Phi) is 4.74. The van der Waals surface area contributed by atoms with Crippen LogP contribution in [-0.4, -0.2) is 12.6 Å². The Hall–Kier alpha value is -2.80. The molecule has 2 aromatic carbocycles. The zero-order valence-electron chi connectivity index (χ0n) is 10.7. The van der Waals surface area contributed by atoms with Crippen molar-refractivity contribution in [3.63, 3.8) is 0 Å².